The van der Waals surface area contributed by atoms with Gasteiger partial charge in [-0.15, -0.1) is 0 Å². The largest absolute Gasteiger partial charge is 0.497 e. The summed E-state index contributed by atoms with van der Waals surface area (Å²) in [6.45, 7) is 7.26. The third-order valence-electron chi connectivity index (χ3n) is 5.24. The summed E-state index contributed by atoms with van der Waals surface area (Å²) in [5.41, 5.74) is 3.74. The van der Waals surface area contributed by atoms with Crippen LogP contribution in [0.5, 0.6) is 5.75 Å². The second-order valence-corrected chi connectivity index (χ2v) is 7.55. The second kappa shape index (κ2) is 10.8. The number of carbonyl (C=O) groups excluding carboxylic acids is 1. The number of carbonyl (C=O) groups is 1. The van der Waals surface area contributed by atoms with Gasteiger partial charge in [-0.25, -0.2) is 9.78 Å². The van der Waals surface area contributed by atoms with E-state index >= 15 is 0 Å². The van der Waals surface area contributed by atoms with Crippen LogP contribution in [0, 0.1) is 13.8 Å². The number of anilines is 1. The van der Waals surface area contributed by atoms with Crippen molar-refractivity contribution in [1.29, 1.82) is 0 Å². The first kappa shape index (κ1) is 24.0. The standard InChI is InChI=1S/C25H29N3O5/c1-6-33-14-19-11-16(2)22(17(3)12-19)28-15-27-23(21(24(28)29)25(30)32-5)26-13-18-7-9-20(31-4)10-8-18/h7-12,15,26H,6,13-14H2,1-5H3. The third-order valence-corrected chi connectivity index (χ3v) is 5.24. The summed E-state index contributed by atoms with van der Waals surface area (Å²) in [7, 11) is 2.84. The summed E-state index contributed by atoms with van der Waals surface area (Å²) in [5.74, 6) is 0.164. The molecule has 2 aromatic carbocycles. The van der Waals surface area contributed by atoms with E-state index in [1.165, 1.54) is 18.0 Å². The average Bonchev–Trinajstić information content (AvgIpc) is 2.82. The highest BCUT2D eigenvalue weighted by atomic mass is 16.5. The summed E-state index contributed by atoms with van der Waals surface area (Å²) in [5, 5.41) is 3.08. The lowest BCUT2D eigenvalue weighted by Gasteiger charge is -2.17. The molecule has 174 valence electrons. The molecule has 1 N–H and O–H groups in total. The van der Waals surface area contributed by atoms with Gasteiger partial charge in [-0.3, -0.25) is 9.36 Å². The zero-order valence-corrected chi connectivity index (χ0v) is 19.6. The van der Waals surface area contributed by atoms with Crippen molar-refractivity contribution in [2.45, 2.75) is 33.9 Å². The summed E-state index contributed by atoms with van der Waals surface area (Å²) in [6.07, 6.45) is 1.43. The van der Waals surface area contributed by atoms with Gasteiger partial charge >= 0.3 is 5.97 Å². The first-order valence-corrected chi connectivity index (χ1v) is 10.6. The fourth-order valence-electron chi connectivity index (χ4n) is 3.69. The molecule has 0 bridgehead atoms. The number of nitrogens with zero attached hydrogens (tertiary/aromatic N) is 2. The van der Waals surface area contributed by atoms with E-state index in [1.807, 2.05) is 57.2 Å². The molecule has 0 aliphatic rings. The maximum Gasteiger partial charge on any atom is 0.347 e. The number of nitrogens with one attached hydrogen (secondary N) is 1. The van der Waals surface area contributed by atoms with Crippen molar-refractivity contribution in [2.24, 2.45) is 0 Å². The van der Waals surface area contributed by atoms with Crippen molar-refractivity contribution >= 4 is 11.8 Å². The van der Waals surface area contributed by atoms with Crippen LogP contribution in [-0.2, 0) is 22.6 Å². The van der Waals surface area contributed by atoms with Crippen molar-refractivity contribution in [3.63, 3.8) is 0 Å². The lowest BCUT2D eigenvalue weighted by Crippen LogP contribution is -2.29. The number of aryl methyl sites for hydroxylation is 2. The normalized spacial score (nSPS) is 10.7. The maximum atomic E-state index is 13.4. The molecule has 0 amide bonds. The molecule has 0 saturated heterocycles. The summed E-state index contributed by atoms with van der Waals surface area (Å²) >= 11 is 0. The molecule has 1 heterocycles. The van der Waals surface area contributed by atoms with Crippen LogP contribution < -0.4 is 15.6 Å². The van der Waals surface area contributed by atoms with Gasteiger partial charge in [0.25, 0.3) is 5.56 Å². The Balaban J connectivity index is 1.98. The summed E-state index contributed by atoms with van der Waals surface area (Å²) in [4.78, 5) is 30.3. The lowest BCUT2D eigenvalue weighted by molar-refractivity contribution is 0.0599. The minimum Gasteiger partial charge on any atom is -0.497 e. The molecule has 8 heteroatoms. The quantitative estimate of drug-likeness (QED) is 0.495. The smallest absolute Gasteiger partial charge is 0.347 e. The lowest BCUT2D eigenvalue weighted by atomic mass is 10.0. The number of benzene rings is 2. The van der Waals surface area contributed by atoms with E-state index in [9.17, 15) is 9.59 Å². The molecule has 0 atom stereocenters. The van der Waals surface area contributed by atoms with Crippen LogP contribution >= 0.6 is 0 Å². The first-order valence-electron chi connectivity index (χ1n) is 10.6. The molecule has 0 radical (unpaired) electrons. The zero-order valence-electron chi connectivity index (χ0n) is 19.6. The molecule has 0 unspecified atom stereocenters. The molecule has 0 aliphatic carbocycles. The molecule has 1 aromatic heterocycles. The van der Waals surface area contributed by atoms with Crippen molar-refractivity contribution in [3.8, 4) is 11.4 Å². The first-order chi connectivity index (χ1) is 15.9. The van der Waals surface area contributed by atoms with Crippen molar-refractivity contribution in [2.75, 3.05) is 26.1 Å². The molecular formula is C25H29N3O5. The van der Waals surface area contributed by atoms with Crippen LogP contribution in [0.1, 0.15) is 39.5 Å². The number of rotatable bonds is 9. The highest BCUT2D eigenvalue weighted by Crippen LogP contribution is 2.22. The highest BCUT2D eigenvalue weighted by molar-refractivity contribution is 5.94. The van der Waals surface area contributed by atoms with Gasteiger partial charge in [0.1, 0.15) is 17.9 Å². The van der Waals surface area contributed by atoms with Gasteiger partial charge in [-0.1, -0.05) is 24.3 Å². The SMILES string of the molecule is CCOCc1cc(C)c(-n2cnc(NCc3ccc(OC)cc3)c(C(=O)OC)c2=O)c(C)c1. The number of hydrogen-bond donors (Lipinski definition) is 1. The van der Waals surface area contributed by atoms with Gasteiger partial charge in [-0.05, 0) is 55.2 Å². The minimum atomic E-state index is -0.748. The van der Waals surface area contributed by atoms with Crippen LogP contribution in [0.4, 0.5) is 5.82 Å². The van der Waals surface area contributed by atoms with E-state index in [0.717, 1.165) is 28.0 Å². The second-order valence-electron chi connectivity index (χ2n) is 7.55. The molecule has 8 nitrogen and oxygen atoms in total. The summed E-state index contributed by atoms with van der Waals surface area (Å²) in [6, 6.07) is 11.4. The van der Waals surface area contributed by atoms with Crippen molar-refractivity contribution < 1.29 is 19.0 Å². The van der Waals surface area contributed by atoms with Gasteiger partial charge in [0.2, 0.25) is 0 Å². The van der Waals surface area contributed by atoms with Crippen LogP contribution in [0.15, 0.2) is 47.5 Å². The predicted octanol–water partition coefficient (Wildman–Crippen LogP) is 3.79. The Labute approximate surface area is 193 Å². The van der Waals surface area contributed by atoms with E-state index in [4.69, 9.17) is 14.2 Å². The molecule has 3 rings (SSSR count). The van der Waals surface area contributed by atoms with Gasteiger partial charge in [0, 0.05) is 13.2 Å². The van der Waals surface area contributed by atoms with Crippen LogP contribution in [-0.4, -0.2) is 36.3 Å². The molecule has 3 aromatic rings. The Bertz CT molecular complexity index is 1160. The van der Waals surface area contributed by atoms with E-state index in [1.54, 1.807) is 7.11 Å². The number of hydrogen-bond acceptors (Lipinski definition) is 7. The van der Waals surface area contributed by atoms with Crippen LogP contribution in [0.3, 0.4) is 0 Å². The number of aromatic nitrogens is 2. The summed E-state index contributed by atoms with van der Waals surface area (Å²) < 4.78 is 16.9. The van der Waals surface area contributed by atoms with E-state index in [-0.39, 0.29) is 11.4 Å². The molecular weight excluding hydrogens is 422 g/mol. The Hall–Kier alpha value is -3.65. The van der Waals surface area contributed by atoms with Gasteiger partial charge < -0.3 is 19.5 Å². The molecule has 0 aliphatic heterocycles. The Kier molecular flexibility index (Phi) is 7.84. The molecule has 33 heavy (non-hydrogen) atoms. The number of esters is 1. The zero-order chi connectivity index (χ0) is 24.0. The Morgan fingerprint density at radius 2 is 1.73 bits per heavy atom. The topological polar surface area (TPSA) is 91.7 Å². The average molecular weight is 452 g/mol. The van der Waals surface area contributed by atoms with E-state index < -0.39 is 11.5 Å². The van der Waals surface area contributed by atoms with Gasteiger partial charge in [-0.2, -0.15) is 0 Å². The fraction of sp³-hybridized carbons (Fsp3) is 0.320. The Morgan fingerprint density at radius 1 is 1.06 bits per heavy atom. The predicted molar refractivity (Wildman–Crippen MR) is 126 cm³/mol. The molecule has 0 spiro atoms. The minimum absolute atomic E-state index is 0.147. The fourth-order valence-corrected chi connectivity index (χ4v) is 3.69. The van der Waals surface area contributed by atoms with Gasteiger partial charge in [0.05, 0.1) is 26.5 Å². The van der Waals surface area contributed by atoms with Gasteiger partial charge in [0.15, 0.2) is 5.56 Å². The van der Waals surface area contributed by atoms with Crippen molar-refractivity contribution in [3.05, 3.63) is 80.9 Å². The van der Waals surface area contributed by atoms with Crippen molar-refractivity contribution in [1.82, 2.24) is 9.55 Å². The van der Waals surface area contributed by atoms with E-state index in [2.05, 4.69) is 10.3 Å². The van der Waals surface area contributed by atoms with Crippen LogP contribution in [0.25, 0.3) is 5.69 Å². The Morgan fingerprint density at radius 3 is 2.30 bits per heavy atom. The molecule has 0 fully saturated rings. The number of methoxy groups -OCH3 is 2. The number of ether oxygens (including phenoxy) is 3. The highest BCUT2D eigenvalue weighted by Gasteiger charge is 2.22. The molecule has 0 saturated carbocycles. The maximum absolute atomic E-state index is 13.4. The third kappa shape index (κ3) is 5.40. The monoisotopic (exact) mass is 451 g/mol. The van der Waals surface area contributed by atoms with E-state index in [0.29, 0.717) is 25.4 Å². The van der Waals surface area contributed by atoms with Crippen LogP contribution in [0.2, 0.25) is 0 Å².